The molecule has 2 heterocycles. The second kappa shape index (κ2) is 4.05. The van der Waals surface area contributed by atoms with E-state index in [9.17, 15) is 9.59 Å². The van der Waals surface area contributed by atoms with E-state index in [0.717, 1.165) is 4.88 Å². The van der Waals surface area contributed by atoms with Gasteiger partial charge in [0.25, 0.3) is 5.56 Å². The maximum atomic E-state index is 11.9. The van der Waals surface area contributed by atoms with Crippen molar-refractivity contribution in [3.8, 4) is 0 Å². The molecule has 0 fully saturated rings. The summed E-state index contributed by atoms with van der Waals surface area (Å²) >= 11 is 1.40. The summed E-state index contributed by atoms with van der Waals surface area (Å²) in [5.74, 6) is -0.627. The van der Waals surface area contributed by atoms with Gasteiger partial charge in [0.05, 0.1) is 12.8 Å². The lowest BCUT2D eigenvalue weighted by atomic mass is 10.3. The minimum absolute atomic E-state index is 0.0304. The van der Waals surface area contributed by atoms with Gasteiger partial charge in [0, 0.05) is 11.1 Å². The number of thiazole rings is 1. The van der Waals surface area contributed by atoms with Gasteiger partial charge < -0.3 is 4.74 Å². The van der Waals surface area contributed by atoms with E-state index in [0.29, 0.717) is 4.96 Å². The normalized spacial score (nSPS) is 10.6. The molecule has 0 aliphatic heterocycles. The Morgan fingerprint density at radius 2 is 2.38 bits per heavy atom. The molecule has 2 aromatic rings. The van der Waals surface area contributed by atoms with Crippen LogP contribution in [0.4, 0.5) is 0 Å². The van der Waals surface area contributed by atoms with Crippen LogP contribution in [0.15, 0.2) is 17.2 Å². The first-order chi connectivity index (χ1) is 7.63. The van der Waals surface area contributed by atoms with Crippen molar-refractivity contribution in [3.05, 3.63) is 33.2 Å². The van der Waals surface area contributed by atoms with E-state index in [1.165, 1.54) is 21.9 Å². The van der Waals surface area contributed by atoms with Crippen LogP contribution < -0.4 is 5.56 Å². The summed E-state index contributed by atoms with van der Waals surface area (Å²) in [7, 11) is 0. The summed E-state index contributed by atoms with van der Waals surface area (Å²) < 4.78 is 6.14. The maximum Gasteiger partial charge on any atom is 0.345 e. The number of carbonyl (C=O) groups excluding carboxylic acids is 1. The number of aryl methyl sites for hydroxylation is 1. The minimum Gasteiger partial charge on any atom is -0.462 e. The van der Waals surface area contributed by atoms with Crippen LogP contribution >= 0.6 is 11.3 Å². The second-order valence-corrected chi connectivity index (χ2v) is 4.41. The molecule has 2 aromatic heterocycles. The van der Waals surface area contributed by atoms with E-state index >= 15 is 0 Å². The van der Waals surface area contributed by atoms with Gasteiger partial charge in [-0.25, -0.2) is 9.78 Å². The van der Waals surface area contributed by atoms with Gasteiger partial charge in [-0.1, -0.05) is 0 Å². The number of hydrogen-bond donors (Lipinski definition) is 0. The lowest BCUT2D eigenvalue weighted by molar-refractivity contribution is 0.0523. The van der Waals surface area contributed by atoms with Crippen molar-refractivity contribution in [2.45, 2.75) is 13.8 Å². The number of carbonyl (C=O) groups is 1. The van der Waals surface area contributed by atoms with Gasteiger partial charge in [-0.3, -0.25) is 9.20 Å². The molecule has 0 N–H and O–H groups in total. The number of esters is 1. The fourth-order valence-electron chi connectivity index (χ4n) is 1.34. The van der Waals surface area contributed by atoms with Gasteiger partial charge in [-0.15, -0.1) is 11.3 Å². The van der Waals surface area contributed by atoms with Crippen molar-refractivity contribution < 1.29 is 9.53 Å². The van der Waals surface area contributed by atoms with Crippen molar-refractivity contribution in [1.82, 2.24) is 9.38 Å². The predicted molar refractivity (Wildman–Crippen MR) is 60.0 cm³/mol. The highest BCUT2D eigenvalue weighted by atomic mass is 32.1. The van der Waals surface area contributed by atoms with Crippen LogP contribution in [-0.2, 0) is 4.74 Å². The molecule has 0 unspecified atom stereocenters. The Balaban J connectivity index is 2.60. The van der Waals surface area contributed by atoms with E-state index in [4.69, 9.17) is 4.74 Å². The Hall–Kier alpha value is -1.69. The Morgan fingerprint density at radius 1 is 1.62 bits per heavy atom. The van der Waals surface area contributed by atoms with Gasteiger partial charge in [0.1, 0.15) is 5.56 Å². The lowest BCUT2D eigenvalue weighted by Gasteiger charge is -2.00. The van der Waals surface area contributed by atoms with E-state index in [2.05, 4.69) is 4.98 Å². The molecule has 16 heavy (non-hydrogen) atoms. The van der Waals surface area contributed by atoms with Crippen molar-refractivity contribution in [1.29, 1.82) is 0 Å². The van der Waals surface area contributed by atoms with Crippen molar-refractivity contribution in [2.24, 2.45) is 0 Å². The molecule has 0 atom stereocenters. The number of aromatic nitrogens is 2. The molecule has 0 saturated heterocycles. The summed E-state index contributed by atoms with van der Waals surface area (Å²) in [6.07, 6.45) is 2.93. The zero-order valence-electron chi connectivity index (χ0n) is 8.89. The molecular formula is C10H10N2O3S. The standard InChI is InChI=1S/C10H10N2O3S/c1-3-15-9(14)7-4-11-10-12(8(7)13)5-6(2)16-10/h4-5H,3H2,1-2H3. The molecule has 84 valence electrons. The number of hydrogen-bond acceptors (Lipinski definition) is 5. The number of ether oxygens (including phenoxy) is 1. The van der Waals surface area contributed by atoms with Gasteiger partial charge in [-0.2, -0.15) is 0 Å². The van der Waals surface area contributed by atoms with Gasteiger partial charge >= 0.3 is 5.97 Å². The molecular weight excluding hydrogens is 228 g/mol. The van der Waals surface area contributed by atoms with Crippen LogP contribution in [0.2, 0.25) is 0 Å². The Bertz CT molecular complexity index is 600. The molecule has 2 rings (SSSR count). The maximum absolute atomic E-state index is 11.9. The molecule has 5 nitrogen and oxygen atoms in total. The fourth-order valence-corrected chi connectivity index (χ4v) is 2.13. The first-order valence-corrected chi connectivity index (χ1v) is 5.60. The molecule has 0 aromatic carbocycles. The minimum atomic E-state index is -0.627. The number of rotatable bonds is 2. The first kappa shape index (κ1) is 10.8. The molecule has 0 aliphatic rings. The zero-order chi connectivity index (χ0) is 11.7. The molecule has 0 radical (unpaired) electrons. The van der Waals surface area contributed by atoms with Crippen LogP contribution in [-0.4, -0.2) is 22.0 Å². The number of nitrogens with zero attached hydrogens (tertiary/aromatic N) is 2. The third-order valence-electron chi connectivity index (χ3n) is 2.02. The molecule has 6 heteroatoms. The fraction of sp³-hybridized carbons (Fsp3) is 0.300. The Labute approximate surface area is 95.3 Å². The number of fused-ring (bicyclic) bond motifs is 1. The summed E-state index contributed by atoms with van der Waals surface area (Å²) in [6.45, 7) is 3.81. The van der Waals surface area contributed by atoms with Crippen molar-refractivity contribution in [2.75, 3.05) is 6.61 Å². The van der Waals surface area contributed by atoms with Crippen LogP contribution in [0.5, 0.6) is 0 Å². The molecule has 0 bridgehead atoms. The van der Waals surface area contributed by atoms with Gasteiger partial charge in [0.15, 0.2) is 4.96 Å². The summed E-state index contributed by atoms with van der Waals surface area (Å²) in [4.78, 5) is 28.9. The topological polar surface area (TPSA) is 60.7 Å². The SMILES string of the molecule is CCOC(=O)c1cnc2sc(C)cn2c1=O. The lowest BCUT2D eigenvalue weighted by Crippen LogP contribution is -2.23. The van der Waals surface area contributed by atoms with Crippen LogP contribution in [0, 0.1) is 6.92 Å². The summed E-state index contributed by atoms with van der Waals surface area (Å²) in [5.41, 5.74) is -0.412. The van der Waals surface area contributed by atoms with Gasteiger partial charge in [0.2, 0.25) is 0 Å². The highest BCUT2D eigenvalue weighted by molar-refractivity contribution is 7.16. The van der Waals surface area contributed by atoms with Crippen LogP contribution in [0.1, 0.15) is 22.2 Å². The van der Waals surface area contributed by atoms with Crippen LogP contribution in [0.25, 0.3) is 4.96 Å². The highest BCUT2D eigenvalue weighted by Gasteiger charge is 2.14. The quantitative estimate of drug-likeness (QED) is 0.738. The third kappa shape index (κ3) is 1.71. The van der Waals surface area contributed by atoms with E-state index < -0.39 is 5.97 Å². The predicted octanol–water partition coefficient (Wildman–Crippen LogP) is 1.24. The average Bonchev–Trinajstić information content (AvgIpc) is 2.60. The summed E-state index contributed by atoms with van der Waals surface area (Å²) in [6, 6.07) is 0. The largest absolute Gasteiger partial charge is 0.462 e. The van der Waals surface area contributed by atoms with Crippen molar-refractivity contribution >= 4 is 22.3 Å². The van der Waals surface area contributed by atoms with Crippen LogP contribution in [0.3, 0.4) is 0 Å². The molecule has 0 amide bonds. The highest BCUT2D eigenvalue weighted by Crippen LogP contribution is 2.12. The van der Waals surface area contributed by atoms with Crippen molar-refractivity contribution in [3.63, 3.8) is 0 Å². The molecule has 0 spiro atoms. The van der Waals surface area contributed by atoms with Gasteiger partial charge in [-0.05, 0) is 13.8 Å². The smallest absolute Gasteiger partial charge is 0.345 e. The second-order valence-electron chi connectivity index (χ2n) is 3.19. The first-order valence-electron chi connectivity index (χ1n) is 4.78. The Morgan fingerprint density at radius 3 is 3.06 bits per heavy atom. The van der Waals surface area contributed by atoms with E-state index in [1.54, 1.807) is 13.1 Å². The Kier molecular flexibility index (Phi) is 2.74. The monoisotopic (exact) mass is 238 g/mol. The molecule has 0 aliphatic carbocycles. The molecule has 0 saturated carbocycles. The summed E-state index contributed by atoms with van der Waals surface area (Å²) in [5, 5.41) is 0. The van der Waals surface area contributed by atoms with E-state index in [1.807, 2.05) is 6.92 Å². The third-order valence-corrected chi connectivity index (χ3v) is 2.93. The average molecular weight is 238 g/mol. The zero-order valence-corrected chi connectivity index (χ0v) is 9.71. The van der Waals surface area contributed by atoms with E-state index in [-0.39, 0.29) is 17.7 Å².